The van der Waals surface area contributed by atoms with Crippen LogP contribution in [0.4, 0.5) is 0 Å². The Bertz CT molecular complexity index is 648. The maximum atomic E-state index is 11.9. The first-order chi connectivity index (χ1) is 11.5. The van der Waals surface area contributed by atoms with Gasteiger partial charge in [-0.25, -0.2) is 4.68 Å². The average molecular weight is 350 g/mol. The molecule has 0 aliphatic rings. The third-order valence-corrected chi connectivity index (χ3v) is 5.05. The topological polar surface area (TPSA) is 110 Å². The molecule has 24 heavy (non-hydrogen) atoms. The number of nitrogens with one attached hydrogen (secondary N) is 1. The number of nitrogens with zero attached hydrogens (tertiary/aromatic N) is 3. The summed E-state index contributed by atoms with van der Waals surface area (Å²) in [5.74, 6) is -0.209. The lowest BCUT2D eigenvalue weighted by Gasteiger charge is -2.16. The van der Waals surface area contributed by atoms with Crippen molar-refractivity contribution in [3.8, 4) is 11.3 Å². The highest BCUT2D eigenvalue weighted by atomic mass is 28.4. The fourth-order valence-electron chi connectivity index (χ4n) is 2.17. The second-order valence-corrected chi connectivity index (χ2v) is 7.57. The van der Waals surface area contributed by atoms with Gasteiger partial charge in [-0.1, -0.05) is 35.5 Å². The molecule has 2 aromatic rings. The molecule has 0 saturated heterocycles. The van der Waals surface area contributed by atoms with Gasteiger partial charge in [-0.2, -0.15) is 0 Å². The molecule has 0 saturated carbocycles. The molecular formula is C15H22N4O4Si. The number of aromatic nitrogens is 3. The van der Waals surface area contributed by atoms with Crippen molar-refractivity contribution in [2.45, 2.75) is 25.9 Å². The molecule has 0 fully saturated rings. The summed E-state index contributed by atoms with van der Waals surface area (Å²) in [7, 11) is -3.56. The van der Waals surface area contributed by atoms with Crippen LogP contribution in [0.2, 0.25) is 6.04 Å². The molecule has 1 amide bonds. The second kappa shape index (κ2) is 8.69. The highest BCUT2D eigenvalue weighted by Crippen LogP contribution is 2.14. The molecule has 3 N–H and O–H groups in total. The molecule has 1 aromatic carbocycles. The largest absolute Gasteiger partial charge is 0.495 e. The number of hydrogen-bond acceptors (Lipinski definition) is 6. The first kappa shape index (κ1) is 18.3. The van der Waals surface area contributed by atoms with Crippen LogP contribution in [0.25, 0.3) is 11.3 Å². The molecule has 130 valence electrons. The molecule has 0 radical (unpaired) electrons. The van der Waals surface area contributed by atoms with Gasteiger partial charge in [0.1, 0.15) is 12.2 Å². The van der Waals surface area contributed by atoms with Crippen LogP contribution in [-0.2, 0) is 15.8 Å². The van der Waals surface area contributed by atoms with Crippen LogP contribution >= 0.6 is 0 Å². The van der Waals surface area contributed by atoms with Crippen molar-refractivity contribution in [2.24, 2.45) is 0 Å². The Morgan fingerprint density at radius 3 is 2.79 bits per heavy atom. The van der Waals surface area contributed by atoms with E-state index in [-0.39, 0.29) is 25.1 Å². The lowest BCUT2D eigenvalue weighted by atomic mass is 10.2. The standard InChI is InChI=1S/C15H22N4O4Si/c1-2-23-24(21,22)10-6-9-16-15(20)12-19-11-14(17-18-19)13-7-4-3-5-8-13/h3-5,7-8,11,21-22H,2,6,9-10,12H2,1H3,(H,16,20). The molecule has 0 aliphatic heterocycles. The normalized spacial score (nSPS) is 11.5. The number of benzene rings is 1. The summed E-state index contributed by atoms with van der Waals surface area (Å²) in [5.41, 5.74) is 1.64. The zero-order valence-electron chi connectivity index (χ0n) is 13.6. The zero-order valence-corrected chi connectivity index (χ0v) is 14.6. The summed E-state index contributed by atoms with van der Waals surface area (Å²) < 4.78 is 6.36. The highest BCUT2D eigenvalue weighted by Gasteiger charge is 2.30. The Hall–Kier alpha value is -2.07. The van der Waals surface area contributed by atoms with E-state index < -0.39 is 8.80 Å². The van der Waals surface area contributed by atoms with E-state index in [1.165, 1.54) is 4.68 Å². The van der Waals surface area contributed by atoms with E-state index in [4.69, 9.17) is 4.43 Å². The molecule has 2 rings (SSSR count). The van der Waals surface area contributed by atoms with Gasteiger partial charge in [0, 0.05) is 24.8 Å². The summed E-state index contributed by atoms with van der Waals surface area (Å²) in [6, 6.07) is 9.75. The molecule has 8 nitrogen and oxygen atoms in total. The molecule has 1 heterocycles. The van der Waals surface area contributed by atoms with Crippen molar-refractivity contribution >= 4 is 14.7 Å². The Kier molecular flexibility index (Phi) is 6.61. The predicted molar refractivity (Wildman–Crippen MR) is 89.7 cm³/mol. The van der Waals surface area contributed by atoms with Crippen molar-refractivity contribution in [3.05, 3.63) is 36.5 Å². The van der Waals surface area contributed by atoms with Crippen LogP contribution < -0.4 is 5.32 Å². The molecule has 0 spiro atoms. The van der Waals surface area contributed by atoms with Gasteiger partial charge in [0.25, 0.3) is 0 Å². The summed E-state index contributed by atoms with van der Waals surface area (Å²) in [5, 5.41) is 10.7. The van der Waals surface area contributed by atoms with Crippen molar-refractivity contribution in [3.63, 3.8) is 0 Å². The highest BCUT2D eigenvalue weighted by molar-refractivity contribution is 6.57. The molecular weight excluding hydrogens is 328 g/mol. The van der Waals surface area contributed by atoms with E-state index >= 15 is 0 Å². The molecule has 0 bridgehead atoms. The van der Waals surface area contributed by atoms with E-state index in [1.807, 2.05) is 30.3 Å². The van der Waals surface area contributed by atoms with Gasteiger partial charge in [-0.15, -0.1) is 5.10 Å². The van der Waals surface area contributed by atoms with Gasteiger partial charge >= 0.3 is 8.80 Å². The minimum Gasteiger partial charge on any atom is -0.390 e. The van der Waals surface area contributed by atoms with Gasteiger partial charge < -0.3 is 19.3 Å². The fraction of sp³-hybridized carbons (Fsp3) is 0.400. The number of amides is 1. The molecule has 9 heteroatoms. The van der Waals surface area contributed by atoms with Crippen molar-refractivity contribution < 1.29 is 18.8 Å². The van der Waals surface area contributed by atoms with E-state index in [2.05, 4.69) is 15.6 Å². The van der Waals surface area contributed by atoms with Gasteiger partial charge in [-0.05, 0) is 13.3 Å². The maximum Gasteiger partial charge on any atom is 0.495 e. The lowest BCUT2D eigenvalue weighted by molar-refractivity contribution is -0.121. The van der Waals surface area contributed by atoms with Crippen molar-refractivity contribution in [2.75, 3.05) is 13.2 Å². The van der Waals surface area contributed by atoms with Crippen LogP contribution in [0, 0.1) is 0 Å². The van der Waals surface area contributed by atoms with Crippen LogP contribution in [0.1, 0.15) is 13.3 Å². The third-order valence-electron chi connectivity index (χ3n) is 3.29. The quantitative estimate of drug-likeness (QED) is 0.446. The lowest BCUT2D eigenvalue weighted by Crippen LogP contribution is -2.39. The van der Waals surface area contributed by atoms with Gasteiger partial charge in [0.15, 0.2) is 0 Å². The van der Waals surface area contributed by atoms with E-state index in [9.17, 15) is 14.4 Å². The summed E-state index contributed by atoms with van der Waals surface area (Å²) >= 11 is 0. The van der Waals surface area contributed by atoms with Crippen LogP contribution in [0.5, 0.6) is 0 Å². The Labute approximate surface area is 141 Å². The van der Waals surface area contributed by atoms with Crippen molar-refractivity contribution in [1.82, 2.24) is 20.3 Å². The molecule has 0 unspecified atom stereocenters. The van der Waals surface area contributed by atoms with Gasteiger partial charge in [0.05, 0.1) is 6.20 Å². The first-order valence-corrected chi connectivity index (χ1v) is 9.82. The minimum atomic E-state index is -3.56. The summed E-state index contributed by atoms with van der Waals surface area (Å²) in [6.07, 6.45) is 2.15. The predicted octanol–water partition coefficient (Wildman–Crippen LogP) is 0.411. The minimum absolute atomic E-state index is 0.0616. The van der Waals surface area contributed by atoms with Gasteiger partial charge in [0.2, 0.25) is 5.91 Å². The van der Waals surface area contributed by atoms with Gasteiger partial charge in [-0.3, -0.25) is 4.79 Å². The average Bonchev–Trinajstić information content (AvgIpc) is 3.01. The number of rotatable bonds is 9. The van der Waals surface area contributed by atoms with E-state index in [0.717, 1.165) is 5.56 Å². The monoisotopic (exact) mass is 350 g/mol. The van der Waals surface area contributed by atoms with E-state index in [1.54, 1.807) is 13.1 Å². The second-order valence-electron chi connectivity index (χ2n) is 5.30. The van der Waals surface area contributed by atoms with Crippen LogP contribution in [0.3, 0.4) is 0 Å². The zero-order chi connectivity index (χ0) is 17.4. The SMILES string of the molecule is CCO[Si](O)(O)CCCNC(=O)Cn1cc(-c2ccccc2)nn1. The van der Waals surface area contributed by atoms with E-state index in [0.29, 0.717) is 18.7 Å². The molecule has 0 atom stereocenters. The fourth-order valence-corrected chi connectivity index (χ4v) is 3.41. The van der Waals surface area contributed by atoms with Crippen LogP contribution in [-0.4, -0.2) is 52.4 Å². The number of carbonyl (C=O) groups excluding carboxylic acids is 1. The number of hydrogen-bond donors (Lipinski definition) is 3. The first-order valence-electron chi connectivity index (χ1n) is 7.81. The number of carbonyl (C=O) groups is 1. The smallest absolute Gasteiger partial charge is 0.390 e. The third kappa shape index (κ3) is 5.85. The summed E-state index contributed by atoms with van der Waals surface area (Å²) in [4.78, 5) is 31.0. The maximum absolute atomic E-state index is 11.9. The Morgan fingerprint density at radius 2 is 2.08 bits per heavy atom. The molecule has 0 aliphatic carbocycles. The molecule has 1 aromatic heterocycles. The Balaban J connectivity index is 1.74. The Morgan fingerprint density at radius 1 is 1.33 bits per heavy atom. The summed E-state index contributed by atoms with van der Waals surface area (Å²) in [6.45, 7) is 2.38. The van der Waals surface area contributed by atoms with Crippen molar-refractivity contribution in [1.29, 1.82) is 0 Å². The van der Waals surface area contributed by atoms with Crippen LogP contribution in [0.15, 0.2) is 36.5 Å².